The lowest BCUT2D eigenvalue weighted by molar-refractivity contribution is -0.305. The lowest BCUT2D eigenvalue weighted by Crippen LogP contribution is -2.58. The Bertz CT molecular complexity index is 918. The molecule has 0 unspecified atom stereocenters. The van der Waals surface area contributed by atoms with Gasteiger partial charge in [0.1, 0.15) is 5.75 Å². The summed E-state index contributed by atoms with van der Waals surface area (Å²) in [7, 11) is 3.29. The molecule has 33 heavy (non-hydrogen) atoms. The van der Waals surface area contributed by atoms with Crippen molar-refractivity contribution in [2.24, 2.45) is 0 Å². The zero-order valence-electron chi connectivity index (χ0n) is 18.6. The van der Waals surface area contributed by atoms with E-state index in [-0.39, 0.29) is 12.2 Å². The van der Waals surface area contributed by atoms with E-state index in [1.807, 2.05) is 60.7 Å². The summed E-state index contributed by atoms with van der Waals surface area (Å²) in [5.74, 6) is 0.812. The van der Waals surface area contributed by atoms with Gasteiger partial charge in [-0.1, -0.05) is 42.5 Å². The van der Waals surface area contributed by atoms with Crippen LogP contribution in [0.25, 0.3) is 0 Å². The first-order valence-electron chi connectivity index (χ1n) is 10.8. The van der Waals surface area contributed by atoms with Gasteiger partial charge in [0.2, 0.25) is 0 Å². The summed E-state index contributed by atoms with van der Waals surface area (Å²) in [4.78, 5) is 0. The summed E-state index contributed by atoms with van der Waals surface area (Å²) in [6, 6.07) is 17.9. The van der Waals surface area contributed by atoms with Crippen LogP contribution in [-0.2, 0) is 36.9 Å². The summed E-state index contributed by atoms with van der Waals surface area (Å²) in [6.45, 7) is 0.854. The number of methoxy groups -OCH3 is 2. The maximum atomic E-state index is 6.58. The van der Waals surface area contributed by atoms with Crippen LogP contribution in [0.2, 0.25) is 0 Å². The van der Waals surface area contributed by atoms with Crippen LogP contribution >= 0.6 is 31.9 Å². The second-order valence-electron chi connectivity index (χ2n) is 8.08. The Morgan fingerprint density at radius 1 is 1.00 bits per heavy atom. The van der Waals surface area contributed by atoms with Crippen molar-refractivity contribution in [2.75, 3.05) is 14.2 Å². The maximum Gasteiger partial charge on any atom is 0.193 e. The van der Waals surface area contributed by atoms with Crippen LogP contribution in [0.4, 0.5) is 0 Å². The number of halogens is 2. The predicted molar refractivity (Wildman–Crippen MR) is 131 cm³/mol. The third kappa shape index (κ3) is 6.06. The van der Waals surface area contributed by atoms with Gasteiger partial charge in [-0.15, -0.1) is 0 Å². The molecule has 0 radical (unpaired) electrons. The van der Waals surface area contributed by atoms with E-state index in [0.717, 1.165) is 20.3 Å². The van der Waals surface area contributed by atoms with Crippen LogP contribution < -0.4 is 4.74 Å². The Labute approximate surface area is 211 Å². The topological polar surface area (TPSA) is 55.4 Å². The minimum Gasteiger partial charge on any atom is -0.497 e. The van der Waals surface area contributed by atoms with Crippen LogP contribution in [0.1, 0.15) is 24.0 Å². The molecular weight excluding hydrogens is 556 g/mol. The quantitative estimate of drug-likeness (QED) is 0.379. The SMILES string of the molecule is COc1ccc(CO[C@H]2C[C@@H](C=C(Br)Br)O[C@@H]3O[C@H](OC)C[C@@]32OCc2ccccc2)cc1. The van der Waals surface area contributed by atoms with E-state index in [9.17, 15) is 0 Å². The van der Waals surface area contributed by atoms with E-state index in [1.54, 1.807) is 14.2 Å². The van der Waals surface area contributed by atoms with E-state index in [1.165, 1.54) is 0 Å². The van der Waals surface area contributed by atoms with Crippen LogP contribution in [-0.4, -0.2) is 44.6 Å². The average molecular weight is 584 g/mol. The highest BCUT2D eigenvalue weighted by Crippen LogP contribution is 2.46. The van der Waals surface area contributed by atoms with E-state index < -0.39 is 18.2 Å². The fourth-order valence-corrected chi connectivity index (χ4v) is 4.83. The number of ether oxygens (including phenoxy) is 6. The fourth-order valence-electron chi connectivity index (χ4n) is 4.24. The molecule has 2 fully saturated rings. The largest absolute Gasteiger partial charge is 0.497 e. The molecule has 2 heterocycles. The second kappa shape index (κ2) is 11.4. The number of rotatable bonds is 9. The second-order valence-corrected chi connectivity index (χ2v) is 10.9. The lowest BCUT2D eigenvalue weighted by atomic mass is 9.86. The Morgan fingerprint density at radius 3 is 2.39 bits per heavy atom. The molecule has 2 aliphatic rings. The summed E-state index contributed by atoms with van der Waals surface area (Å²) < 4.78 is 37.1. The molecule has 2 aromatic carbocycles. The molecule has 0 bridgehead atoms. The molecule has 2 aromatic rings. The summed E-state index contributed by atoms with van der Waals surface area (Å²) >= 11 is 6.88. The summed E-state index contributed by atoms with van der Waals surface area (Å²) in [5, 5.41) is 0. The molecule has 2 saturated heterocycles. The van der Waals surface area contributed by atoms with E-state index in [4.69, 9.17) is 28.4 Å². The maximum absolute atomic E-state index is 6.58. The van der Waals surface area contributed by atoms with Crippen molar-refractivity contribution in [3.63, 3.8) is 0 Å². The first kappa shape index (κ1) is 24.9. The van der Waals surface area contributed by atoms with Gasteiger partial charge in [0.05, 0.1) is 35.9 Å². The normalized spacial score (nSPS) is 28.8. The van der Waals surface area contributed by atoms with Gasteiger partial charge in [0.15, 0.2) is 18.2 Å². The Morgan fingerprint density at radius 2 is 1.73 bits per heavy atom. The molecular formula is C25H28Br2O6. The van der Waals surface area contributed by atoms with Crippen molar-refractivity contribution < 1.29 is 28.4 Å². The molecule has 0 spiro atoms. The standard InChI is InChI=1S/C25H28Br2O6/c1-28-19-10-8-18(9-11-19)15-30-21-12-20(13-22(26)27)32-24-25(21,14-23(29-2)33-24)31-16-17-6-4-3-5-7-17/h3-11,13,20-21,23-24H,12,14-16H2,1-2H3/t20-,21-,23-,24+,25-/m0/s1. The molecule has 0 aliphatic carbocycles. The minimum absolute atomic E-state index is 0.214. The highest BCUT2D eigenvalue weighted by molar-refractivity contribution is 9.28. The third-order valence-electron chi connectivity index (χ3n) is 5.99. The van der Waals surface area contributed by atoms with Crippen molar-refractivity contribution in [1.29, 1.82) is 0 Å². The first-order valence-corrected chi connectivity index (χ1v) is 12.4. The lowest BCUT2D eigenvalue weighted by Gasteiger charge is -2.45. The minimum atomic E-state index is -0.799. The first-order chi connectivity index (χ1) is 16.0. The zero-order chi connectivity index (χ0) is 23.3. The average Bonchev–Trinajstić information content (AvgIpc) is 3.21. The molecule has 0 amide bonds. The third-order valence-corrected chi connectivity index (χ3v) is 6.51. The van der Waals surface area contributed by atoms with Crippen molar-refractivity contribution in [2.45, 2.75) is 56.4 Å². The highest BCUT2D eigenvalue weighted by Gasteiger charge is 2.60. The molecule has 4 rings (SSSR count). The molecule has 8 heteroatoms. The molecule has 0 saturated carbocycles. The van der Waals surface area contributed by atoms with Crippen LogP contribution in [0.5, 0.6) is 5.75 Å². The van der Waals surface area contributed by atoms with Gasteiger partial charge in [-0.25, -0.2) is 0 Å². The van der Waals surface area contributed by atoms with Crippen LogP contribution in [0, 0.1) is 0 Å². The number of hydrogen-bond acceptors (Lipinski definition) is 6. The van der Waals surface area contributed by atoms with Gasteiger partial charge in [0, 0.05) is 20.0 Å². The van der Waals surface area contributed by atoms with Crippen molar-refractivity contribution >= 4 is 31.9 Å². The molecule has 0 N–H and O–H groups in total. The number of hydrogen-bond donors (Lipinski definition) is 0. The van der Waals surface area contributed by atoms with E-state index in [0.29, 0.717) is 26.1 Å². The Balaban J connectivity index is 1.58. The molecule has 6 nitrogen and oxygen atoms in total. The van der Waals surface area contributed by atoms with E-state index >= 15 is 0 Å². The van der Waals surface area contributed by atoms with Crippen LogP contribution in [0.15, 0.2) is 64.1 Å². The van der Waals surface area contributed by atoms with Gasteiger partial charge < -0.3 is 28.4 Å². The number of fused-ring (bicyclic) bond motifs is 1. The smallest absolute Gasteiger partial charge is 0.193 e. The van der Waals surface area contributed by atoms with Gasteiger partial charge >= 0.3 is 0 Å². The van der Waals surface area contributed by atoms with Crippen molar-refractivity contribution in [1.82, 2.24) is 0 Å². The monoisotopic (exact) mass is 582 g/mol. The Hall–Kier alpha value is -1.26. The summed E-state index contributed by atoms with van der Waals surface area (Å²) in [6.07, 6.45) is 1.53. The molecule has 2 aliphatic heterocycles. The van der Waals surface area contributed by atoms with Crippen molar-refractivity contribution in [3.8, 4) is 5.75 Å². The molecule has 5 atom stereocenters. The molecule has 178 valence electrons. The Kier molecular flexibility index (Phi) is 8.62. The van der Waals surface area contributed by atoms with Gasteiger partial charge in [0.25, 0.3) is 0 Å². The van der Waals surface area contributed by atoms with Crippen molar-refractivity contribution in [3.05, 3.63) is 75.2 Å². The highest BCUT2D eigenvalue weighted by atomic mass is 79.9. The van der Waals surface area contributed by atoms with Gasteiger partial charge in [-0.05, 0) is 61.2 Å². The van der Waals surface area contributed by atoms with Crippen LogP contribution in [0.3, 0.4) is 0 Å². The summed E-state index contributed by atoms with van der Waals surface area (Å²) in [5.41, 5.74) is 1.32. The number of benzene rings is 2. The van der Waals surface area contributed by atoms with Gasteiger partial charge in [-0.3, -0.25) is 0 Å². The molecule has 0 aromatic heterocycles. The fraction of sp³-hybridized carbons (Fsp3) is 0.440. The zero-order valence-corrected chi connectivity index (χ0v) is 21.8. The predicted octanol–water partition coefficient (Wildman–Crippen LogP) is 5.68. The van der Waals surface area contributed by atoms with Gasteiger partial charge in [-0.2, -0.15) is 0 Å². The van der Waals surface area contributed by atoms with E-state index in [2.05, 4.69) is 31.9 Å².